The highest BCUT2D eigenvalue weighted by Crippen LogP contribution is 2.26. The normalized spacial score (nSPS) is 18.2. The SMILES string of the molecule is CCC(C#N)(CCCN(CCOC)C(C)C)NC1CC1. The molecule has 1 aliphatic carbocycles. The monoisotopic (exact) mass is 281 g/mol. The lowest BCUT2D eigenvalue weighted by molar-refractivity contribution is 0.126. The van der Waals surface area contributed by atoms with Gasteiger partial charge in [-0.05, 0) is 52.5 Å². The van der Waals surface area contributed by atoms with Gasteiger partial charge in [0.05, 0.1) is 12.7 Å². The van der Waals surface area contributed by atoms with Gasteiger partial charge in [0.2, 0.25) is 0 Å². The molecule has 0 aromatic carbocycles. The summed E-state index contributed by atoms with van der Waals surface area (Å²) in [6.07, 6.45) is 5.35. The van der Waals surface area contributed by atoms with E-state index in [1.165, 1.54) is 12.8 Å². The van der Waals surface area contributed by atoms with Gasteiger partial charge in [0.1, 0.15) is 5.54 Å². The molecular formula is C16H31N3O. The first kappa shape index (κ1) is 17.4. The van der Waals surface area contributed by atoms with Crippen LogP contribution >= 0.6 is 0 Å². The van der Waals surface area contributed by atoms with Gasteiger partial charge in [0.15, 0.2) is 0 Å². The number of nitriles is 1. The summed E-state index contributed by atoms with van der Waals surface area (Å²) in [7, 11) is 1.75. The Kier molecular flexibility index (Phi) is 7.50. The van der Waals surface area contributed by atoms with Gasteiger partial charge < -0.3 is 4.74 Å². The van der Waals surface area contributed by atoms with Gasteiger partial charge in [-0.3, -0.25) is 10.2 Å². The highest BCUT2D eigenvalue weighted by Gasteiger charge is 2.34. The minimum absolute atomic E-state index is 0.314. The summed E-state index contributed by atoms with van der Waals surface area (Å²) in [5.41, 5.74) is -0.314. The lowest BCUT2D eigenvalue weighted by Gasteiger charge is -2.30. The Morgan fingerprint density at radius 2 is 2.10 bits per heavy atom. The fourth-order valence-electron chi connectivity index (χ4n) is 2.56. The van der Waals surface area contributed by atoms with Crippen LogP contribution < -0.4 is 5.32 Å². The average molecular weight is 281 g/mol. The van der Waals surface area contributed by atoms with E-state index in [-0.39, 0.29) is 5.54 Å². The summed E-state index contributed by atoms with van der Waals surface area (Å²) in [6, 6.07) is 3.64. The summed E-state index contributed by atoms with van der Waals surface area (Å²) in [4.78, 5) is 2.43. The second-order valence-electron chi connectivity index (χ2n) is 6.19. The minimum Gasteiger partial charge on any atom is -0.383 e. The van der Waals surface area contributed by atoms with Gasteiger partial charge in [0.25, 0.3) is 0 Å². The summed E-state index contributed by atoms with van der Waals surface area (Å²) < 4.78 is 5.17. The van der Waals surface area contributed by atoms with Crippen molar-refractivity contribution in [1.29, 1.82) is 5.26 Å². The molecule has 0 aromatic heterocycles. The van der Waals surface area contributed by atoms with Crippen molar-refractivity contribution in [1.82, 2.24) is 10.2 Å². The quantitative estimate of drug-likeness (QED) is 0.632. The van der Waals surface area contributed by atoms with Gasteiger partial charge in [0, 0.05) is 25.7 Å². The summed E-state index contributed by atoms with van der Waals surface area (Å²) in [6.45, 7) is 9.33. The Hall–Kier alpha value is -0.630. The van der Waals surface area contributed by atoms with Crippen LogP contribution in [0.4, 0.5) is 0 Å². The molecule has 1 saturated carbocycles. The number of hydrogen-bond donors (Lipinski definition) is 1. The third-order valence-electron chi connectivity index (χ3n) is 4.24. The van der Waals surface area contributed by atoms with E-state index in [1.807, 2.05) is 0 Å². The van der Waals surface area contributed by atoms with Crippen LogP contribution in [-0.4, -0.2) is 49.3 Å². The van der Waals surface area contributed by atoms with Crippen molar-refractivity contribution in [2.45, 2.75) is 70.5 Å². The third-order valence-corrected chi connectivity index (χ3v) is 4.24. The molecule has 0 radical (unpaired) electrons. The van der Waals surface area contributed by atoms with Crippen LogP contribution in [0.1, 0.15) is 52.9 Å². The van der Waals surface area contributed by atoms with Crippen molar-refractivity contribution in [3.8, 4) is 6.07 Å². The molecular weight excluding hydrogens is 250 g/mol. The van der Waals surface area contributed by atoms with Gasteiger partial charge in [-0.25, -0.2) is 0 Å². The Morgan fingerprint density at radius 1 is 1.40 bits per heavy atom. The van der Waals surface area contributed by atoms with Crippen molar-refractivity contribution in [2.75, 3.05) is 26.8 Å². The van der Waals surface area contributed by atoms with Gasteiger partial charge >= 0.3 is 0 Å². The highest BCUT2D eigenvalue weighted by atomic mass is 16.5. The molecule has 0 heterocycles. The molecule has 1 fully saturated rings. The maximum atomic E-state index is 9.52. The molecule has 1 N–H and O–H groups in total. The molecule has 1 atom stereocenters. The first-order valence-electron chi connectivity index (χ1n) is 7.99. The molecule has 0 spiro atoms. The maximum absolute atomic E-state index is 9.52. The summed E-state index contributed by atoms with van der Waals surface area (Å²) in [5.74, 6) is 0. The minimum atomic E-state index is -0.314. The number of nitrogens with one attached hydrogen (secondary N) is 1. The fourth-order valence-corrected chi connectivity index (χ4v) is 2.56. The average Bonchev–Trinajstić information content (AvgIpc) is 3.24. The van der Waals surface area contributed by atoms with E-state index < -0.39 is 0 Å². The number of hydrogen-bond acceptors (Lipinski definition) is 4. The molecule has 1 aliphatic rings. The zero-order valence-corrected chi connectivity index (χ0v) is 13.6. The predicted octanol–water partition coefficient (Wildman–Crippen LogP) is 2.55. The second-order valence-corrected chi connectivity index (χ2v) is 6.19. The molecule has 0 aliphatic heterocycles. The number of rotatable bonds is 11. The number of methoxy groups -OCH3 is 1. The van der Waals surface area contributed by atoms with Crippen LogP contribution in [0.15, 0.2) is 0 Å². The van der Waals surface area contributed by atoms with E-state index in [4.69, 9.17) is 4.74 Å². The van der Waals surface area contributed by atoms with E-state index in [9.17, 15) is 5.26 Å². The molecule has 1 unspecified atom stereocenters. The van der Waals surface area contributed by atoms with Crippen LogP contribution in [0.25, 0.3) is 0 Å². The lowest BCUT2D eigenvalue weighted by atomic mass is 9.91. The Balaban J connectivity index is 2.39. The van der Waals surface area contributed by atoms with E-state index in [2.05, 4.69) is 37.1 Å². The van der Waals surface area contributed by atoms with Gasteiger partial charge in [-0.2, -0.15) is 5.26 Å². The molecule has 116 valence electrons. The molecule has 0 bridgehead atoms. The molecule has 1 rings (SSSR count). The second kappa shape index (κ2) is 8.61. The number of ether oxygens (including phenoxy) is 1. The van der Waals surface area contributed by atoms with Crippen LogP contribution in [0, 0.1) is 11.3 Å². The predicted molar refractivity (Wildman–Crippen MR) is 82.6 cm³/mol. The van der Waals surface area contributed by atoms with E-state index >= 15 is 0 Å². The zero-order chi connectivity index (χ0) is 15.0. The summed E-state index contributed by atoms with van der Waals surface area (Å²) in [5, 5.41) is 13.1. The van der Waals surface area contributed by atoms with Crippen molar-refractivity contribution < 1.29 is 4.74 Å². The van der Waals surface area contributed by atoms with Crippen LogP contribution in [0.3, 0.4) is 0 Å². The fraction of sp³-hybridized carbons (Fsp3) is 0.938. The lowest BCUT2D eigenvalue weighted by Crippen LogP contribution is -2.45. The molecule has 4 nitrogen and oxygen atoms in total. The topological polar surface area (TPSA) is 48.3 Å². The first-order valence-corrected chi connectivity index (χ1v) is 7.99. The Bertz CT molecular complexity index is 309. The molecule has 4 heteroatoms. The van der Waals surface area contributed by atoms with Crippen LogP contribution in [0.5, 0.6) is 0 Å². The standard InChI is InChI=1S/C16H31N3O/c1-5-16(13-17,18-15-7-8-15)9-6-10-19(14(2)3)11-12-20-4/h14-15,18H,5-12H2,1-4H3. The Morgan fingerprint density at radius 3 is 2.55 bits per heavy atom. The number of nitrogens with zero attached hydrogens (tertiary/aromatic N) is 2. The maximum Gasteiger partial charge on any atom is 0.106 e. The third kappa shape index (κ3) is 5.78. The van der Waals surface area contributed by atoms with E-state index in [0.717, 1.165) is 39.0 Å². The van der Waals surface area contributed by atoms with Crippen LogP contribution in [0.2, 0.25) is 0 Å². The Labute approximate surface area is 124 Å². The van der Waals surface area contributed by atoms with Crippen LogP contribution in [-0.2, 0) is 4.74 Å². The van der Waals surface area contributed by atoms with Crippen molar-refractivity contribution in [3.63, 3.8) is 0 Å². The van der Waals surface area contributed by atoms with Crippen molar-refractivity contribution >= 4 is 0 Å². The van der Waals surface area contributed by atoms with E-state index in [1.54, 1.807) is 7.11 Å². The molecule has 0 saturated heterocycles. The largest absolute Gasteiger partial charge is 0.383 e. The first-order chi connectivity index (χ1) is 9.56. The zero-order valence-electron chi connectivity index (χ0n) is 13.6. The summed E-state index contributed by atoms with van der Waals surface area (Å²) >= 11 is 0. The van der Waals surface area contributed by atoms with E-state index in [0.29, 0.717) is 12.1 Å². The molecule has 0 aromatic rings. The molecule has 0 amide bonds. The smallest absolute Gasteiger partial charge is 0.106 e. The van der Waals surface area contributed by atoms with Gasteiger partial charge in [-0.1, -0.05) is 6.92 Å². The highest BCUT2D eigenvalue weighted by molar-refractivity contribution is 5.09. The molecule has 20 heavy (non-hydrogen) atoms. The van der Waals surface area contributed by atoms with Crippen molar-refractivity contribution in [3.05, 3.63) is 0 Å². The van der Waals surface area contributed by atoms with Crippen molar-refractivity contribution in [2.24, 2.45) is 0 Å². The van der Waals surface area contributed by atoms with Gasteiger partial charge in [-0.15, -0.1) is 0 Å².